The molecular weight excluding hydrogens is 440 g/mol. The molecule has 0 atom stereocenters. The predicted octanol–water partition coefficient (Wildman–Crippen LogP) is 4.46. The van der Waals surface area contributed by atoms with Crippen molar-refractivity contribution < 1.29 is 14.3 Å². The van der Waals surface area contributed by atoms with Crippen molar-refractivity contribution in [1.29, 1.82) is 0 Å². The second kappa shape index (κ2) is 8.75. The van der Waals surface area contributed by atoms with Crippen molar-refractivity contribution in [2.24, 2.45) is 0 Å². The number of halogens is 1. The van der Waals surface area contributed by atoms with Gasteiger partial charge < -0.3 is 14.4 Å². The highest BCUT2D eigenvalue weighted by Crippen LogP contribution is 2.31. The number of carbonyl (C=O) groups excluding carboxylic acids is 1. The molecule has 1 aliphatic heterocycles. The minimum atomic E-state index is -0.124. The predicted molar refractivity (Wildman–Crippen MR) is 117 cm³/mol. The van der Waals surface area contributed by atoms with E-state index in [2.05, 4.69) is 15.9 Å². The molecule has 1 saturated heterocycles. The van der Waals surface area contributed by atoms with Crippen molar-refractivity contribution in [3.8, 4) is 11.5 Å². The van der Waals surface area contributed by atoms with Gasteiger partial charge in [-0.15, -0.1) is 0 Å². The van der Waals surface area contributed by atoms with Crippen molar-refractivity contribution in [3.63, 3.8) is 0 Å². The molecule has 0 aliphatic carbocycles. The van der Waals surface area contributed by atoms with Gasteiger partial charge in [-0.05, 0) is 60.6 Å². The van der Waals surface area contributed by atoms with Crippen LogP contribution >= 0.6 is 28.1 Å². The maximum Gasteiger partial charge on any atom is 0.276 e. The lowest BCUT2D eigenvalue weighted by Crippen LogP contribution is -2.26. The Morgan fingerprint density at radius 1 is 1.04 bits per heavy atom. The minimum Gasteiger partial charge on any atom is -0.490 e. The molecule has 5 nitrogen and oxygen atoms in total. The minimum absolute atomic E-state index is 0.124. The Kier molecular flexibility index (Phi) is 6.36. The Labute approximate surface area is 178 Å². The largest absolute Gasteiger partial charge is 0.490 e. The van der Waals surface area contributed by atoms with E-state index in [-0.39, 0.29) is 5.91 Å². The standard InChI is InChI=1S/C21H21BrN2O3S/c1-4-26-19-12-15(11-17-20(25)24(3)21(28)23(17)2)7-10-18(19)27-13-14-5-8-16(22)9-6-14/h5-12H,4,13H2,1-3H3/b17-11-. The third-order valence-electron chi connectivity index (χ3n) is 4.34. The number of rotatable bonds is 6. The normalized spacial score (nSPS) is 15.5. The van der Waals surface area contributed by atoms with Gasteiger partial charge in [-0.25, -0.2) is 0 Å². The number of nitrogens with zero attached hydrogens (tertiary/aromatic N) is 2. The van der Waals surface area contributed by atoms with E-state index in [9.17, 15) is 4.79 Å². The van der Waals surface area contributed by atoms with Crippen molar-refractivity contribution in [1.82, 2.24) is 9.80 Å². The van der Waals surface area contributed by atoms with Crippen molar-refractivity contribution >= 4 is 45.2 Å². The zero-order chi connectivity index (χ0) is 20.3. The molecule has 0 unspecified atom stereocenters. The van der Waals surface area contributed by atoms with Gasteiger partial charge in [0.1, 0.15) is 12.3 Å². The van der Waals surface area contributed by atoms with Gasteiger partial charge in [-0.3, -0.25) is 9.69 Å². The van der Waals surface area contributed by atoms with E-state index >= 15 is 0 Å². The molecule has 0 saturated carbocycles. The van der Waals surface area contributed by atoms with Gasteiger partial charge in [0.25, 0.3) is 5.91 Å². The van der Waals surface area contributed by atoms with Crippen LogP contribution in [0.5, 0.6) is 11.5 Å². The number of benzene rings is 2. The van der Waals surface area contributed by atoms with Gasteiger partial charge >= 0.3 is 0 Å². The fourth-order valence-corrected chi connectivity index (χ4v) is 3.24. The third kappa shape index (κ3) is 4.36. The number of hydrogen-bond acceptors (Lipinski definition) is 4. The number of likely N-dealkylation sites (N-methyl/N-ethyl adjacent to an activating group) is 2. The lowest BCUT2D eigenvalue weighted by atomic mass is 10.1. The van der Waals surface area contributed by atoms with Crippen LogP contribution in [0.1, 0.15) is 18.1 Å². The Hall–Kier alpha value is -2.38. The van der Waals surface area contributed by atoms with Crippen LogP contribution in [0.2, 0.25) is 0 Å². The summed E-state index contributed by atoms with van der Waals surface area (Å²) in [6.07, 6.45) is 1.80. The van der Waals surface area contributed by atoms with Crippen LogP contribution in [0.15, 0.2) is 52.6 Å². The number of thiocarbonyl (C=S) groups is 1. The quantitative estimate of drug-likeness (QED) is 0.470. The summed E-state index contributed by atoms with van der Waals surface area (Å²) in [6, 6.07) is 13.6. The van der Waals surface area contributed by atoms with E-state index in [0.29, 0.717) is 35.5 Å². The summed E-state index contributed by atoms with van der Waals surface area (Å²) in [6.45, 7) is 2.87. The zero-order valence-corrected chi connectivity index (χ0v) is 18.3. The first-order valence-corrected chi connectivity index (χ1v) is 10.0. The van der Waals surface area contributed by atoms with Crippen molar-refractivity contribution in [3.05, 3.63) is 63.8 Å². The topological polar surface area (TPSA) is 42.0 Å². The van der Waals surface area contributed by atoms with Gasteiger partial charge in [0.05, 0.1) is 6.61 Å². The number of amides is 1. The Morgan fingerprint density at radius 3 is 2.36 bits per heavy atom. The fourth-order valence-electron chi connectivity index (χ4n) is 2.79. The van der Waals surface area contributed by atoms with E-state index in [1.807, 2.05) is 49.4 Å². The molecule has 2 aromatic rings. The molecule has 1 fully saturated rings. The summed E-state index contributed by atoms with van der Waals surface area (Å²) in [7, 11) is 3.46. The van der Waals surface area contributed by atoms with Crippen molar-refractivity contribution in [2.45, 2.75) is 13.5 Å². The SMILES string of the molecule is CCOc1cc(/C=C2/C(=O)N(C)C(=S)N2C)ccc1OCc1ccc(Br)cc1. The molecule has 2 aromatic carbocycles. The van der Waals surface area contributed by atoms with Crippen molar-refractivity contribution in [2.75, 3.05) is 20.7 Å². The Balaban J connectivity index is 1.82. The molecule has 0 N–H and O–H groups in total. The Bertz CT molecular complexity index is 928. The van der Waals surface area contributed by atoms with E-state index in [1.165, 1.54) is 4.90 Å². The van der Waals surface area contributed by atoms with Crippen LogP contribution in [0.25, 0.3) is 6.08 Å². The Morgan fingerprint density at radius 2 is 1.75 bits per heavy atom. The van der Waals surface area contributed by atoms with Crippen LogP contribution in [-0.4, -0.2) is 41.5 Å². The molecule has 0 spiro atoms. The maximum absolute atomic E-state index is 12.4. The molecule has 0 radical (unpaired) electrons. The van der Waals surface area contributed by atoms with Crippen LogP contribution in [-0.2, 0) is 11.4 Å². The molecule has 0 bridgehead atoms. The summed E-state index contributed by atoms with van der Waals surface area (Å²) >= 11 is 8.68. The summed E-state index contributed by atoms with van der Waals surface area (Å²) in [4.78, 5) is 15.5. The molecule has 3 rings (SSSR count). The summed E-state index contributed by atoms with van der Waals surface area (Å²) in [5, 5.41) is 0.482. The number of hydrogen-bond donors (Lipinski definition) is 0. The van der Waals surface area contributed by atoms with E-state index in [0.717, 1.165) is 15.6 Å². The van der Waals surface area contributed by atoms with Gasteiger partial charge in [-0.1, -0.05) is 34.1 Å². The molecule has 1 amide bonds. The molecule has 1 aliphatic rings. The summed E-state index contributed by atoms with van der Waals surface area (Å²) in [5.74, 6) is 1.17. The molecule has 0 aromatic heterocycles. The first kappa shape index (κ1) is 20.4. The molecule has 28 heavy (non-hydrogen) atoms. The average molecular weight is 461 g/mol. The van der Waals surface area contributed by atoms with Gasteiger partial charge in [0.15, 0.2) is 16.6 Å². The van der Waals surface area contributed by atoms with E-state index in [1.54, 1.807) is 25.1 Å². The smallest absolute Gasteiger partial charge is 0.276 e. The molecular formula is C21H21BrN2O3S. The number of ether oxygens (including phenoxy) is 2. The monoisotopic (exact) mass is 460 g/mol. The van der Waals surface area contributed by atoms with Crippen LogP contribution in [0, 0.1) is 0 Å². The van der Waals surface area contributed by atoms with Crippen LogP contribution in [0.3, 0.4) is 0 Å². The van der Waals surface area contributed by atoms with Gasteiger partial charge in [0.2, 0.25) is 0 Å². The van der Waals surface area contributed by atoms with Gasteiger partial charge in [-0.2, -0.15) is 0 Å². The van der Waals surface area contributed by atoms with Crippen LogP contribution in [0.4, 0.5) is 0 Å². The summed E-state index contributed by atoms with van der Waals surface area (Å²) in [5.41, 5.74) is 2.43. The number of carbonyl (C=O) groups is 1. The second-order valence-corrected chi connectivity index (χ2v) is 7.57. The maximum atomic E-state index is 12.4. The fraction of sp³-hybridized carbons (Fsp3) is 0.238. The highest BCUT2D eigenvalue weighted by Gasteiger charge is 2.32. The lowest BCUT2D eigenvalue weighted by molar-refractivity contribution is -0.121. The van der Waals surface area contributed by atoms with E-state index in [4.69, 9.17) is 21.7 Å². The first-order valence-electron chi connectivity index (χ1n) is 8.82. The lowest BCUT2D eigenvalue weighted by Gasteiger charge is -2.14. The highest BCUT2D eigenvalue weighted by molar-refractivity contribution is 9.10. The highest BCUT2D eigenvalue weighted by atomic mass is 79.9. The summed E-state index contributed by atoms with van der Waals surface area (Å²) < 4.78 is 12.7. The molecule has 7 heteroatoms. The van der Waals surface area contributed by atoms with Crippen LogP contribution < -0.4 is 9.47 Å². The first-order chi connectivity index (χ1) is 13.4. The van der Waals surface area contributed by atoms with Gasteiger partial charge in [0, 0.05) is 18.6 Å². The second-order valence-electron chi connectivity index (χ2n) is 6.29. The molecule has 1 heterocycles. The molecule has 146 valence electrons. The van der Waals surface area contributed by atoms with E-state index < -0.39 is 0 Å². The zero-order valence-electron chi connectivity index (χ0n) is 15.9. The third-order valence-corrected chi connectivity index (χ3v) is 5.41. The average Bonchev–Trinajstić information content (AvgIpc) is 2.87.